The number of aromatic nitrogens is 2. The highest BCUT2D eigenvalue weighted by Crippen LogP contribution is 2.28. The van der Waals surface area contributed by atoms with E-state index in [9.17, 15) is 4.79 Å². The Balaban J connectivity index is 1.50. The van der Waals surface area contributed by atoms with Crippen molar-refractivity contribution in [2.24, 2.45) is 5.73 Å². The second-order valence-corrected chi connectivity index (χ2v) is 9.29. The maximum atomic E-state index is 11.6. The molecule has 0 aliphatic carbocycles. The van der Waals surface area contributed by atoms with Gasteiger partial charge in [0.25, 0.3) is 0 Å². The van der Waals surface area contributed by atoms with Crippen LogP contribution in [0.4, 0.5) is 5.82 Å². The quantitative estimate of drug-likeness (QED) is 0.592. The first-order chi connectivity index (χ1) is 15.4. The Labute approximate surface area is 192 Å². The molecule has 1 fully saturated rings. The normalized spacial score (nSPS) is 14.7. The van der Waals surface area contributed by atoms with Crippen LogP contribution >= 0.6 is 11.3 Å². The number of benzene rings is 1. The van der Waals surface area contributed by atoms with Crippen LogP contribution in [0.3, 0.4) is 0 Å². The third kappa shape index (κ3) is 5.26. The van der Waals surface area contributed by atoms with Crippen LogP contribution in [0.25, 0.3) is 11.3 Å². The van der Waals surface area contributed by atoms with Gasteiger partial charge in [-0.1, -0.05) is 0 Å². The van der Waals surface area contributed by atoms with Crippen molar-refractivity contribution in [3.05, 3.63) is 58.0 Å². The largest absolute Gasteiger partial charge is 0.491 e. The summed E-state index contributed by atoms with van der Waals surface area (Å²) < 4.78 is 5.93. The number of carbonyl (C=O) groups is 1. The molecule has 3 heterocycles. The van der Waals surface area contributed by atoms with Crippen LogP contribution in [-0.2, 0) is 6.42 Å². The average molecular weight is 452 g/mol. The summed E-state index contributed by atoms with van der Waals surface area (Å²) in [6, 6.07) is 9.47. The maximum Gasteiger partial charge on any atom is 0.248 e. The van der Waals surface area contributed by atoms with E-state index in [2.05, 4.69) is 34.0 Å². The lowest BCUT2D eigenvalue weighted by Gasteiger charge is -2.33. The molecule has 0 spiro atoms. The van der Waals surface area contributed by atoms with Crippen LogP contribution in [0.2, 0.25) is 0 Å². The number of pyridine rings is 1. The minimum atomic E-state index is -0.450. The van der Waals surface area contributed by atoms with E-state index >= 15 is 0 Å². The smallest absolute Gasteiger partial charge is 0.248 e. The fourth-order valence-corrected chi connectivity index (χ4v) is 4.51. The number of hydrogen-bond acceptors (Lipinski definition) is 7. The van der Waals surface area contributed by atoms with Crippen molar-refractivity contribution >= 4 is 23.1 Å². The summed E-state index contributed by atoms with van der Waals surface area (Å²) in [6.45, 7) is 8.05. The summed E-state index contributed by atoms with van der Waals surface area (Å²) in [4.78, 5) is 25.8. The molecule has 4 rings (SSSR count). The average Bonchev–Trinajstić information content (AvgIpc) is 3.24. The van der Waals surface area contributed by atoms with Gasteiger partial charge in [0.1, 0.15) is 11.6 Å². The molecule has 1 saturated heterocycles. The van der Waals surface area contributed by atoms with Gasteiger partial charge in [0.2, 0.25) is 5.91 Å². The van der Waals surface area contributed by atoms with Crippen LogP contribution in [-0.4, -0.2) is 60.1 Å². The van der Waals surface area contributed by atoms with Crippen LogP contribution in [0.1, 0.15) is 34.8 Å². The third-order valence-electron chi connectivity index (χ3n) is 5.47. The number of hydrogen-bond donors (Lipinski definition) is 1. The molecular weight excluding hydrogens is 422 g/mol. The Kier molecular flexibility index (Phi) is 6.72. The van der Waals surface area contributed by atoms with Crippen molar-refractivity contribution in [2.75, 3.05) is 38.1 Å². The molecule has 0 saturated carbocycles. The molecular formula is C24H29N5O2S. The van der Waals surface area contributed by atoms with E-state index in [1.165, 1.54) is 0 Å². The summed E-state index contributed by atoms with van der Waals surface area (Å²) in [7, 11) is 2.15. The fourth-order valence-electron chi connectivity index (χ4n) is 3.69. The monoisotopic (exact) mass is 451 g/mol. The van der Waals surface area contributed by atoms with Crippen molar-refractivity contribution in [1.82, 2.24) is 14.9 Å². The van der Waals surface area contributed by atoms with E-state index < -0.39 is 5.91 Å². The molecule has 7 nitrogen and oxygen atoms in total. The number of carbonyl (C=O) groups excluding carboxylic acids is 1. The predicted molar refractivity (Wildman–Crippen MR) is 129 cm³/mol. The number of likely N-dealkylation sites (N-methyl/N-ethyl adjacent to an activating group) is 1. The molecule has 0 atom stereocenters. The molecule has 1 aliphatic rings. The first kappa shape index (κ1) is 22.2. The highest BCUT2D eigenvalue weighted by Gasteiger charge is 2.16. The van der Waals surface area contributed by atoms with E-state index in [0.717, 1.165) is 59.6 Å². The molecule has 8 heteroatoms. The molecule has 2 aromatic heterocycles. The molecule has 0 radical (unpaired) electrons. The van der Waals surface area contributed by atoms with Gasteiger partial charge in [-0.05, 0) is 51.2 Å². The van der Waals surface area contributed by atoms with E-state index in [1.807, 2.05) is 31.5 Å². The lowest BCUT2D eigenvalue weighted by molar-refractivity contribution is 0.1000. The van der Waals surface area contributed by atoms with Gasteiger partial charge in [-0.3, -0.25) is 4.79 Å². The second-order valence-electron chi connectivity index (χ2n) is 8.35. The van der Waals surface area contributed by atoms with Crippen molar-refractivity contribution in [1.29, 1.82) is 0 Å². The number of nitrogens with zero attached hydrogens (tertiary/aromatic N) is 4. The number of rotatable bonds is 7. The summed E-state index contributed by atoms with van der Waals surface area (Å²) in [5, 5.41) is 2.99. The van der Waals surface area contributed by atoms with Crippen LogP contribution < -0.4 is 15.4 Å². The van der Waals surface area contributed by atoms with Gasteiger partial charge >= 0.3 is 0 Å². The van der Waals surface area contributed by atoms with Gasteiger partial charge in [-0.15, -0.1) is 11.3 Å². The number of anilines is 1. The molecule has 1 amide bonds. The Morgan fingerprint density at radius 3 is 2.62 bits per heavy atom. The topological polar surface area (TPSA) is 84.6 Å². The zero-order valence-corrected chi connectivity index (χ0v) is 19.6. The Morgan fingerprint density at radius 1 is 1.19 bits per heavy atom. The number of amides is 1. The lowest BCUT2D eigenvalue weighted by Crippen LogP contribution is -2.44. The summed E-state index contributed by atoms with van der Waals surface area (Å²) in [5.74, 6) is 1.31. The van der Waals surface area contributed by atoms with Gasteiger partial charge in [0.05, 0.1) is 16.8 Å². The Morgan fingerprint density at radius 2 is 1.97 bits per heavy atom. The predicted octanol–water partition coefficient (Wildman–Crippen LogP) is 3.43. The molecule has 3 aromatic rings. The molecule has 168 valence electrons. The van der Waals surface area contributed by atoms with Crippen LogP contribution in [0, 0.1) is 0 Å². The second kappa shape index (κ2) is 9.67. The zero-order chi connectivity index (χ0) is 22.7. The van der Waals surface area contributed by atoms with Crippen molar-refractivity contribution < 1.29 is 9.53 Å². The highest BCUT2D eigenvalue weighted by molar-refractivity contribution is 7.10. The summed E-state index contributed by atoms with van der Waals surface area (Å²) in [5.41, 5.74) is 8.74. The number of piperazine rings is 1. The van der Waals surface area contributed by atoms with E-state index in [4.69, 9.17) is 15.5 Å². The van der Waals surface area contributed by atoms with Gasteiger partial charge in [0.15, 0.2) is 0 Å². The molecule has 0 bridgehead atoms. The zero-order valence-electron chi connectivity index (χ0n) is 18.7. The Hall–Kier alpha value is -2.97. The first-order valence-corrected chi connectivity index (χ1v) is 11.7. The number of primary amides is 1. The SMILES string of the molecule is CC(C)Oc1ccc(C(N)=O)cc1Cc1nc(-c2ccc(N3CCN(C)CC3)nc2)cs1. The third-order valence-corrected chi connectivity index (χ3v) is 6.32. The standard InChI is InChI=1S/C24H29N5O2S/c1-16(2)31-21-6-4-17(24(25)30)12-19(21)13-23-27-20(15-32-23)18-5-7-22(26-14-18)29-10-8-28(3)9-11-29/h4-7,12,14-16H,8-11,13H2,1-3H3,(H2,25,30). The molecule has 2 N–H and O–H groups in total. The molecule has 1 aromatic carbocycles. The van der Waals surface area contributed by atoms with Gasteiger partial charge < -0.3 is 20.3 Å². The highest BCUT2D eigenvalue weighted by atomic mass is 32.1. The summed E-state index contributed by atoms with van der Waals surface area (Å²) in [6.07, 6.45) is 2.50. The van der Waals surface area contributed by atoms with Crippen LogP contribution in [0.5, 0.6) is 5.75 Å². The number of thiazole rings is 1. The van der Waals surface area contributed by atoms with Gasteiger partial charge in [0, 0.05) is 60.9 Å². The minimum absolute atomic E-state index is 0.0323. The van der Waals surface area contributed by atoms with Crippen molar-refractivity contribution in [3.63, 3.8) is 0 Å². The molecule has 32 heavy (non-hydrogen) atoms. The van der Waals surface area contributed by atoms with Gasteiger partial charge in [-0.2, -0.15) is 0 Å². The van der Waals surface area contributed by atoms with E-state index in [-0.39, 0.29) is 6.10 Å². The van der Waals surface area contributed by atoms with Gasteiger partial charge in [-0.25, -0.2) is 9.97 Å². The van der Waals surface area contributed by atoms with Crippen molar-refractivity contribution in [2.45, 2.75) is 26.4 Å². The molecule has 0 unspecified atom stereocenters. The fraction of sp³-hybridized carbons (Fsp3) is 0.375. The number of nitrogens with two attached hydrogens (primary N) is 1. The van der Waals surface area contributed by atoms with Crippen molar-refractivity contribution in [3.8, 4) is 17.0 Å². The Bertz CT molecular complexity index is 1070. The van der Waals surface area contributed by atoms with Crippen LogP contribution in [0.15, 0.2) is 41.9 Å². The number of ether oxygens (including phenoxy) is 1. The molecule has 1 aliphatic heterocycles. The maximum absolute atomic E-state index is 11.6. The van der Waals surface area contributed by atoms with E-state index in [1.54, 1.807) is 23.5 Å². The first-order valence-electron chi connectivity index (χ1n) is 10.8. The lowest BCUT2D eigenvalue weighted by atomic mass is 10.1. The van der Waals surface area contributed by atoms with E-state index in [0.29, 0.717) is 12.0 Å². The minimum Gasteiger partial charge on any atom is -0.491 e. The summed E-state index contributed by atoms with van der Waals surface area (Å²) >= 11 is 1.59.